The molecule has 0 aliphatic heterocycles. The van der Waals surface area contributed by atoms with Crippen LogP contribution in [-0.2, 0) is 0 Å². The Morgan fingerprint density at radius 3 is 3.14 bits per heavy atom. The molecule has 0 saturated heterocycles. The van der Waals surface area contributed by atoms with E-state index in [1.807, 2.05) is 0 Å². The molecule has 9 heteroatoms. The lowest BCUT2D eigenvalue weighted by molar-refractivity contribution is -0.387. The number of nitrogens with zero attached hydrogens (tertiary/aromatic N) is 3. The molecule has 3 rings (SSSR count). The molecule has 3 aromatic rings. The first-order chi connectivity index (χ1) is 11.3. The highest BCUT2D eigenvalue weighted by atomic mass is 32.2. The predicted molar refractivity (Wildman–Crippen MR) is 82.1 cm³/mol. The summed E-state index contributed by atoms with van der Waals surface area (Å²) in [7, 11) is 0. The third-order valence-corrected chi connectivity index (χ3v) is 3.51. The zero-order valence-corrected chi connectivity index (χ0v) is 11.7. The highest BCUT2D eigenvalue weighted by Gasteiger charge is 2.15. The first-order valence-electron chi connectivity index (χ1n) is 7.06. The molecule has 0 saturated carbocycles. The van der Waals surface area contributed by atoms with Gasteiger partial charge in [0, 0.05) is 18.0 Å². The Hall–Kier alpha value is -2.68. The van der Waals surface area contributed by atoms with Gasteiger partial charge in [0.15, 0.2) is 5.82 Å². The van der Waals surface area contributed by atoms with Crippen LogP contribution in [-0.4, -0.2) is 26.1 Å². The van der Waals surface area contributed by atoms with Crippen molar-refractivity contribution in [1.29, 1.82) is 0 Å². The van der Waals surface area contributed by atoms with Crippen LogP contribution < -0.4 is 5.32 Å². The summed E-state index contributed by atoms with van der Waals surface area (Å²) < 4.78 is 27.2. The monoisotopic (exact) mass is 320 g/mol. The summed E-state index contributed by atoms with van der Waals surface area (Å²) in [5.41, 5.74) is 1.30. The largest absolute Gasteiger partial charge is 0.337 e. The number of benzene rings is 1. The molecule has 22 heavy (non-hydrogen) atoms. The second kappa shape index (κ2) is 5.98. The lowest BCUT2D eigenvalue weighted by Gasteiger charge is -2.06. The second-order valence-electron chi connectivity index (χ2n) is 4.22. The number of halogens is 1. The van der Waals surface area contributed by atoms with E-state index in [1.165, 1.54) is 18.2 Å². The summed E-state index contributed by atoms with van der Waals surface area (Å²) in [6, 6.07) is 7.44. The Labute approximate surface area is 130 Å². The van der Waals surface area contributed by atoms with E-state index in [0.717, 1.165) is 0 Å². The van der Waals surface area contributed by atoms with Crippen molar-refractivity contribution >= 4 is 40.0 Å². The maximum Gasteiger partial charge on any atom is 0.283 e. The van der Waals surface area contributed by atoms with Crippen LogP contribution in [0.1, 0.15) is 2.74 Å². The number of rotatable bonds is 5. The number of pyridine rings is 1. The number of nitrogens with one attached hydrogen (secondary N) is 2. The fourth-order valence-electron chi connectivity index (χ4n) is 1.94. The van der Waals surface area contributed by atoms with Crippen LogP contribution in [0.3, 0.4) is 0 Å². The molecule has 0 unspecified atom stereocenters. The van der Waals surface area contributed by atoms with Crippen LogP contribution >= 0.6 is 11.8 Å². The predicted octanol–water partition coefficient (Wildman–Crippen LogP) is 3.63. The van der Waals surface area contributed by atoms with Crippen molar-refractivity contribution in [2.24, 2.45) is 0 Å². The van der Waals surface area contributed by atoms with Gasteiger partial charge in [-0.2, -0.15) is 5.10 Å². The number of anilines is 2. The summed E-state index contributed by atoms with van der Waals surface area (Å²) in [6.45, 7) is 0. The van der Waals surface area contributed by atoms with Crippen molar-refractivity contribution in [3.8, 4) is 0 Å². The van der Waals surface area contributed by atoms with Crippen LogP contribution in [0.4, 0.5) is 21.6 Å². The minimum Gasteiger partial charge on any atom is -0.337 e. The number of nitro benzene ring substituents is 1. The highest BCUT2D eigenvalue weighted by Crippen LogP contribution is 2.33. The van der Waals surface area contributed by atoms with E-state index in [2.05, 4.69) is 20.5 Å². The molecule has 7 nitrogen and oxygen atoms in total. The number of aromatic amines is 1. The van der Waals surface area contributed by atoms with Crippen LogP contribution in [0.2, 0.25) is 0 Å². The molecule has 112 valence electrons. The number of H-pyrrole nitrogens is 1. The standard InChI is InChI=1S/C13H10FN5O2S/c14-7-22-11-6-8(3-4-10(11)19(20)21)16-13-12-9(17-18-13)2-1-5-15-12/h1-6H,7H2,(H2,16,17,18)/i7D2,14-1. The minimum absolute atomic E-state index is 0.127. The number of hydrogen-bond donors (Lipinski definition) is 2. The van der Waals surface area contributed by atoms with Gasteiger partial charge in [0.05, 0.1) is 18.1 Å². The third kappa shape index (κ3) is 2.70. The van der Waals surface area contributed by atoms with Crippen molar-refractivity contribution in [3.63, 3.8) is 0 Å². The van der Waals surface area contributed by atoms with Crippen LogP contribution in [0.25, 0.3) is 11.0 Å². The molecular weight excluding hydrogens is 308 g/mol. The molecule has 0 aliphatic carbocycles. The Bertz CT molecular complexity index is 915. The zero-order valence-electron chi connectivity index (χ0n) is 12.9. The number of thioether (sulfide) groups is 1. The number of nitro groups is 1. The summed E-state index contributed by atoms with van der Waals surface area (Å²) in [6.07, 6.45) is 1.60. The Morgan fingerprint density at radius 1 is 1.50 bits per heavy atom. The molecule has 2 heterocycles. The molecule has 2 aromatic heterocycles. The zero-order chi connectivity index (χ0) is 17.3. The summed E-state index contributed by atoms with van der Waals surface area (Å²) >= 11 is 0.127. The van der Waals surface area contributed by atoms with Crippen LogP contribution in [0.15, 0.2) is 41.4 Å². The number of aromatic nitrogens is 3. The lowest BCUT2D eigenvalue weighted by Crippen LogP contribution is -1.95. The molecule has 0 spiro atoms. The molecule has 1 aromatic carbocycles. The van der Waals surface area contributed by atoms with E-state index >= 15 is 0 Å². The van der Waals surface area contributed by atoms with Crippen LogP contribution in [0, 0.1) is 10.1 Å². The van der Waals surface area contributed by atoms with E-state index in [-0.39, 0.29) is 22.3 Å². The van der Waals surface area contributed by atoms with Crippen molar-refractivity contribution in [3.05, 3.63) is 46.6 Å². The molecule has 0 amide bonds. The van der Waals surface area contributed by atoms with E-state index in [1.54, 1.807) is 18.3 Å². The maximum absolute atomic E-state index is 13.3. The quantitative estimate of drug-likeness (QED) is 0.423. The lowest BCUT2D eigenvalue weighted by atomic mass is 10.2. The smallest absolute Gasteiger partial charge is 0.283 e. The normalized spacial score (nSPS) is 12.8. The first-order valence-corrected chi connectivity index (χ1v) is 6.87. The number of alkyl halides is 1. The molecule has 0 fully saturated rings. The summed E-state index contributed by atoms with van der Waals surface area (Å²) in [4.78, 5) is 14.4. The fourth-order valence-corrected chi connectivity index (χ4v) is 2.46. The van der Waals surface area contributed by atoms with Crippen LogP contribution in [0.5, 0.6) is 0 Å². The van der Waals surface area contributed by atoms with Gasteiger partial charge in [-0.25, -0.2) is 4.39 Å². The minimum atomic E-state index is -3.13. The fraction of sp³-hybridized carbons (Fsp3) is 0.0769. The Morgan fingerprint density at radius 2 is 2.36 bits per heavy atom. The van der Waals surface area contributed by atoms with Gasteiger partial charge in [0.2, 0.25) is 0 Å². The first kappa shape index (κ1) is 11.9. The van der Waals surface area contributed by atoms with E-state index < -0.39 is 10.9 Å². The van der Waals surface area contributed by atoms with Crippen molar-refractivity contribution in [2.75, 3.05) is 11.3 Å². The van der Waals surface area contributed by atoms with Gasteiger partial charge in [0.25, 0.3) is 5.69 Å². The van der Waals surface area contributed by atoms with Crippen molar-refractivity contribution < 1.29 is 12.1 Å². The van der Waals surface area contributed by atoms with Gasteiger partial charge in [-0.1, -0.05) is 11.8 Å². The Kier molecular flexibility index (Phi) is 3.24. The topological polar surface area (TPSA) is 96.7 Å². The molecule has 0 atom stereocenters. The third-order valence-electron chi connectivity index (χ3n) is 2.89. The molecule has 2 N–H and O–H groups in total. The average Bonchev–Trinajstić information content (AvgIpc) is 2.89. The van der Waals surface area contributed by atoms with Gasteiger partial charge in [0.1, 0.15) is 11.5 Å². The SMILES string of the molecule is [2H]C([2H])([18F])Sc1cc(Nc2n[nH]c3cccnc23)ccc1[N+](=O)[O-]. The second-order valence-corrected chi connectivity index (χ2v) is 5.01. The van der Waals surface area contributed by atoms with E-state index in [0.29, 0.717) is 22.5 Å². The number of fused-ring (bicyclic) bond motifs is 1. The molecule has 0 aliphatic rings. The Balaban J connectivity index is 1.96. The van der Waals surface area contributed by atoms with Crippen molar-refractivity contribution in [2.45, 2.75) is 4.90 Å². The molecule has 0 radical (unpaired) electrons. The average molecular weight is 320 g/mol. The molecular formula is C13H10FN5O2S. The van der Waals surface area contributed by atoms with E-state index in [9.17, 15) is 14.5 Å². The van der Waals surface area contributed by atoms with E-state index in [4.69, 9.17) is 2.74 Å². The summed E-state index contributed by atoms with van der Waals surface area (Å²) in [5.74, 6) is -2.73. The van der Waals surface area contributed by atoms with Gasteiger partial charge in [-0.05, 0) is 24.3 Å². The van der Waals surface area contributed by atoms with Gasteiger partial charge >= 0.3 is 0 Å². The van der Waals surface area contributed by atoms with Gasteiger partial charge < -0.3 is 5.32 Å². The van der Waals surface area contributed by atoms with Crippen molar-refractivity contribution in [1.82, 2.24) is 15.2 Å². The van der Waals surface area contributed by atoms with Gasteiger partial charge in [-0.15, -0.1) is 0 Å². The summed E-state index contributed by atoms with van der Waals surface area (Å²) in [5, 5.41) is 20.8. The highest BCUT2D eigenvalue weighted by molar-refractivity contribution is 7.99. The maximum atomic E-state index is 13.3. The number of hydrogen-bond acceptors (Lipinski definition) is 6. The molecule has 0 bridgehead atoms. The van der Waals surface area contributed by atoms with Gasteiger partial charge in [-0.3, -0.25) is 20.2 Å².